The van der Waals surface area contributed by atoms with Crippen molar-refractivity contribution >= 4 is 88.9 Å². The molecule has 0 saturated carbocycles. The number of aldehydes is 1. The molecule has 26 heteroatoms. The topological polar surface area (TPSA) is 382 Å². The first-order valence-corrected chi connectivity index (χ1v) is 27.3. The lowest BCUT2D eigenvalue weighted by Gasteiger charge is -2.30. The van der Waals surface area contributed by atoms with Gasteiger partial charge in [0.1, 0.15) is 48.6 Å². The van der Waals surface area contributed by atoms with Crippen LogP contribution in [0, 0.1) is 17.8 Å². The van der Waals surface area contributed by atoms with Crippen molar-refractivity contribution in [2.75, 3.05) is 30.6 Å². The molecule has 1 aromatic rings. The largest absolute Gasteiger partial charge is 0.370 e. The Hall–Kier alpha value is -5.76. The van der Waals surface area contributed by atoms with Gasteiger partial charge in [0.25, 0.3) is 0 Å². The molecule has 0 unspecified atom stereocenters. The van der Waals surface area contributed by atoms with Gasteiger partial charge in [-0.25, -0.2) is 4.98 Å². The summed E-state index contributed by atoms with van der Waals surface area (Å²) in [5.41, 5.74) is 17.1. The van der Waals surface area contributed by atoms with Crippen LogP contribution in [-0.4, -0.2) is 165 Å². The lowest BCUT2D eigenvalue weighted by molar-refractivity contribution is -0.142. The van der Waals surface area contributed by atoms with Crippen LogP contribution in [0.5, 0.6) is 0 Å². The number of aromatic nitrogens is 2. The predicted molar refractivity (Wildman–Crippen MR) is 277 cm³/mol. The van der Waals surface area contributed by atoms with Gasteiger partial charge in [0, 0.05) is 24.9 Å². The fourth-order valence-electron chi connectivity index (χ4n) is 8.03. The molecule has 0 aromatic carbocycles. The van der Waals surface area contributed by atoms with Gasteiger partial charge in [-0.2, -0.15) is 23.5 Å². The summed E-state index contributed by atoms with van der Waals surface area (Å²) < 4.78 is 0. The molecule has 0 radical (unpaired) electrons. The van der Waals surface area contributed by atoms with E-state index in [2.05, 4.69) is 47.2 Å². The number of hydrogen-bond acceptors (Lipinski definition) is 15. The molecule has 0 aliphatic carbocycles. The Kier molecular flexibility index (Phi) is 28.1. The van der Waals surface area contributed by atoms with E-state index in [1.54, 1.807) is 6.26 Å². The molecule has 1 aliphatic rings. The number of likely N-dealkylation sites (tertiary alicyclic amines) is 1. The number of amides is 10. The van der Waals surface area contributed by atoms with E-state index in [1.807, 2.05) is 47.8 Å². The minimum atomic E-state index is -1.57. The highest BCUT2D eigenvalue weighted by atomic mass is 32.2. The van der Waals surface area contributed by atoms with Crippen molar-refractivity contribution in [1.82, 2.24) is 52.1 Å². The number of nitrogens with zero attached hydrogens (tertiary/aromatic N) is 2. The van der Waals surface area contributed by atoms with Crippen molar-refractivity contribution in [3.63, 3.8) is 0 Å². The van der Waals surface area contributed by atoms with Crippen molar-refractivity contribution in [2.24, 2.45) is 35.0 Å². The van der Waals surface area contributed by atoms with Gasteiger partial charge in [-0.1, -0.05) is 41.5 Å². The smallest absolute Gasteiger partial charge is 0.246 e. The SMILES string of the molecule is CSCC[C@H](NC(=O)[C@H](CC(C)C)NC(=O)[C@H](CCSC)NC(=O)[C@@H]1CCCN1C(=O)[C@H](Cc1cnc[nH]1)NC(=O)[C@@H](N)CC(N)=O)C(=O)N[C@@H](CC(N)=O)C(=O)N[C@@H](CC(C)C)C(=O)N[C@H](C=O)CC(C)C. The van der Waals surface area contributed by atoms with Gasteiger partial charge in [0.05, 0.1) is 31.3 Å². The standard InChI is InChI=1S/C47H79N13O11S2/c1-25(2)16-29(23-61)53-43(67)33(17-26(3)4)57-45(69)35(21-39(50)63)58-41(65)31(11-14-72-7)54-44(68)34(18-27(5)6)56-42(66)32(12-15-73-8)55-46(70)37-10-9-13-60(37)47(71)36(19-28-22-51-24-52-28)59-40(64)30(48)20-38(49)62/h22-27,29-37H,9-21,48H2,1-8H3,(H2,49,62)(H2,50,63)(H,51,52)(H,53,67)(H,54,68)(H,55,70)(H,56,66)(H,57,69)(H,58,65)(H,59,64)/t29-,30-,31-,32-,33-,34-,35-,36-,37-/m0/s1. The Morgan fingerprint density at radius 3 is 1.60 bits per heavy atom. The van der Waals surface area contributed by atoms with Crippen molar-refractivity contribution in [2.45, 2.75) is 160 Å². The molecule has 73 heavy (non-hydrogen) atoms. The monoisotopic (exact) mass is 1070 g/mol. The zero-order chi connectivity index (χ0) is 54.9. The molecule has 0 spiro atoms. The van der Waals surface area contributed by atoms with Crippen LogP contribution >= 0.6 is 23.5 Å². The normalized spacial score (nSPS) is 16.7. The van der Waals surface area contributed by atoms with Crippen LogP contribution in [0.1, 0.15) is 105 Å². The van der Waals surface area contributed by atoms with E-state index in [1.165, 1.54) is 40.9 Å². The van der Waals surface area contributed by atoms with E-state index in [-0.39, 0.29) is 62.8 Å². The Bertz CT molecular complexity index is 2030. The zero-order valence-electron chi connectivity index (χ0n) is 43.3. The number of aromatic amines is 1. The van der Waals surface area contributed by atoms with Crippen LogP contribution in [0.3, 0.4) is 0 Å². The zero-order valence-corrected chi connectivity index (χ0v) is 44.9. The summed E-state index contributed by atoms with van der Waals surface area (Å²) in [6.07, 6.45) is 7.34. The van der Waals surface area contributed by atoms with Gasteiger partial charge in [-0.05, 0) is 86.7 Å². The second kappa shape index (κ2) is 32.4. The van der Waals surface area contributed by atoms with Gasteiger partial charge in [-0.3, -0.25) is 47.9 Å². The minimum Gasteiger partial charge on any atom is -0.370 e. The molecular formula is C47H79N13O11S2. The number of nitrogens with one attached hydrogen (secondary N) is 8. The van der Waals surface area contributed by atoms with Crippen molar-refractivity contribution < 1.29 is 52.7 Å². The molecule has 24 nitrogen and oxygen atoms in total. The molecule has 9 atom stereocenters. The second-order valence-electron chi connectivity index (χ2n) is 19.5. The lowest BCUT2D eigenvalue weighted by Crippen LogP contribution is -2.60. The first-order chi connectivity index (χ1) is 34.4. The number of hydrogen-bond donors (Lipinski definition) is 11. The van der Waals surface area contributed by atoms with Crippen LogP contribution in [0.2, 0.25) is 0 Å². The molecule has 10 amide bonds. The summed E-state index contributed by atoms with van der Waals surface area (Å²) in [5, 5.41) is 18.6. The summed E-state index contributed by atoms with van der Waals surface area (Å²) in [7, 11) is 0. The van der Waals surface area contributed by atoms with Gasteiger partial charge in [0.2, 0.25) is 59.1 Å². The summed E-state index contributed by atoms with van der Waals surface area (Å²) >= 11 is 2.78. The van der Waals surface area contributed by atoms with Crippen molar-refractivity contribution in [1.29, 1.82) is 0 Å². The van der Waals surface area contributed by atoms with Crippen LogP contribution < -0.4 is 54.4 Å². The quantitative estimate of drug-likeness (QED) is 0.0341. The fourth-order valence-corrected chi connectivity index (χ4v) is 8.97. The molecule has 1 fully saturated rings. The number of imidazole rings is 1. The van der Waals surface area contributed by atoms with Gasteiger partial charge >= 0.3 is 0 Å². The molecule has 1 saturated heterocycles. The molecule has 1 aliphatic heterocycles. The summed E-state index contributed by atoms with van der Waals surface area (Å²) in [4.78, 5) is 154. The summed E-state index contributed by atoms with van der Waals surface area (Å²) in [6.45, 7) is 11.2. The van der Waals surface area contributed by atoms with E-state index in [0.717, 1.165) is 0 Å². The Balaban J connectivity index is 2.35. The lowest BCUT2D eigenvalue weighted by atomic mass is 10.0. The molecule has 0 bridgehead atoms. The van der Waals surface area contributed by atoms with Crippen molar-refractivity contribution in [3.05, 3.63) is 18.2 Å². The predicted octanol–water partition coefficient (Wildman–Crippen LogP) is -1.74. The fraction of sp³-hybridized carbons (Fsp3) is 0.702. The summed E-state index contributed by atoms with van der Waals surface area (Å²) in [5.74, 6) is -7.07. The molecule has 14 N–H and O–H groups in total. The highest BCUT2D eigenvalue weighted by Crippen LogP contribution is 2.21. The third-order valence-electron chi connectivity index (χ3n) is 11.6. The number of rotatable bonds is 34. The number of carbonyl (C=O) groups is 11. The third kappa shape index (κ3) is 22.9. The number of thioether (sulfide) groups is 2. The third-order valence-corrected chi connectivity index (χ3v) is 12.9. The highest BCUT2D eigenvalue weighted by molar-refractivity contribution is 7.98. The minimum absolute atomic E-state index is 0.0534. The highest BCUT2D eigenvalue weighted by Gasteiger charge is 2.40. The maximum absolute atomic E-state index is 14.2. The Morgan fingerprint density at radius 1 is 0.658 bits per heavy atom. The number of carbonyl (C=O) groups excluding carboxylic acids is 11. The van der Waals surface area contributed by atoms with E-state index < -0.39 is 126 Å². The number of H-pyrrole nitrogens is 1. The first kappa shape index (κ1) is 63.4. The van der Waals surface area contributed by atoms with Gasteiger partial charge in [-0.15, -0.1) is 0 Å². The molecular weight excluding hydrogens is 987 g/mol. The van der Waals surface area contributed by atoms with Crippen LogP contribution in [0.4, 0.5) is 0 Å². The van der Waals surface area contributed by atoms with Crippen LogP contribution in [0.25, 0.3) is 0 Å². The molecule has 2 heterocycles. The van der Waals surface area contributed by atoms with Crippen LogP contribution in [-0.2, 0) is 59.2 Å². The first-order valence-electron chi connectivity index (χ1n) is 24.6. The Morgan fingerprint density at radius 2 is 1.12 bits per heavy atom. The number of primary amides is 2. The Labute approximate surface area is 436 Å². The van der Waals surface area contributed by atoms with Gasteiger partial charge in [0.15, 0.2) is 0 Å². The van der Waals surface area contributed by atoms with Gasteiger partial charge < -0.3 is 69.1 Å². The van der Waals surface area contributed by atoms with Crippen LogP contribution in [0.15, 0.2) is 12.5 Å². The van der Waals surface area contributed by atoms with Crippen molar-refractivity contribution in [3.8, 4) is 0 Å². The van der Waals surface area contributed by atoms with E-state index in [4.69, 9.17) is 17.2 Å². The van der Waals surface area contributed by atoms with E-state index >= 15 is 0 Å². The average Bonchev–Trinajstić information content (AvgIpc) is 4.02. The number of nitrogens with two attached hydrogens (primary N) is 3. The average molecular weight is 1070 g/mol. The maximum Gasteiger partial charge on any atom is 0.246 e. The molecule has 410 valence electrons. The second-order valence-corrected chi connectivity index (χ2v) is 21.5. The molecule has 2 rings (SSSR count). The maximum atomic E-state index is 14.2. The molecule has 1 aromatic heterocycles. The van der Waals surface area contributed by atoms with E-state index in [0.29, 0.717) is 36.3 Å². The van der Waals surface area contributed by atoms with E-state index in [9.17, 15) is 52.7 Å². The summed E-state index contributed by atoms with van der Waals surface area (Å²) in [6, 6.07) is -10.8.